The molecule has 1 N–H and O–H groups in total. The molecule has 1 saturated heterocycles. The molecule has 1 fully saturated rings. The smallest absolute Gasteiger partial charge is 0.440 e. The molecular weight excluding hydrogens is 401 g/mol. The lowest BCUT2D eigenvalue weighted by molar-refractivity contribution is -0.206. The first-order valence-electron chi connectivity index (χ1n) is 8.51. The first-order valence-corrected chi connectivity index (χ1v) is 8.89. The summed E-state index contributed by atoms with van der Waals surface area (Å²) in [7, 11) is 0. The molecule has 2 aliphatic rings. The number of ether oxygens (including phenoxy) is 1. The predicted octanol–water partition coefficient (Wildman–Crippen LogP) is 2.98. The van der Waals surface area contributed by atoms with Gasteiger partial charge in [0.2, 0.25) is 0 Å². The second kappa shape index (κ2) is 7.92. The van der Waals surface area contributed by atoms with Gasteiger partial charge in [-0.15, -0.1) is 0 Å². The first kappa shape index (κ1) is 20.3. The summed E-state index contributed by atoms with van der Waals surface area (Å²) in [5, 5.41) is 2.88. The highest BCUT2D eigenvalue weighted by molar-refractivity contribution is 6.31. The zero-order valence-electron chi connectivity index (χ0n) is 14.5. The van der Waals surface area contributed by atoms with Crippen molar-refractivity contribution in [1.82, 2.24) is 10.2 Å². The van der Waals surface area contributed by atoms with E-state index in [-0.39, 0.29) is 29.1 Å². The summed E-state index contributed by atoms with van der Waals surface area (Å²) in [6.07, 6.45) is -5.36. The average Bonchev–Trinajstić information content (AvgIpc) is 2.81. The fourth-order valence-electron chi connectivity index (χ4n) is 3.12. The van der Waals surface area contributed by atoms with Crippen molar-refractivity contribution in [2.75, 3.05) is 13.1 Å². The van der Waals surface area contributed by atoms with Gasteiger partial charge in [0.05, 0.1) is 17.7 Å². The van der Waals surface area contributed by atoms with Crippen molar-refractivity contribution in [3.8, 4) is 0 Å². The molecule has 3 rings (SSSR count). The van der Waals surface area contributed by atoms with E-state index in [1.807, 2.05) is 0 Å². The second-order valence-electron chi connectivity index (χ2n) is 6.40. The van der Waals surface area contributed by atoms with Crippen LogP contribution in [0.1, 0.15) is 40.0 Å². The van der Waals surface area contributed by atoms with Crippen LogP contribution in [0.5, 0.6) is 0 Å². The number of nitrogens with zero attached hydrogens (tertiary/aromatic N) is 1. The highest BCUT2D eigenvalue weighted by Crippen LogP contribution is 2.29. The summed E-state index contributed by atoms with van der Waals surface area (Å²) >= 11 is 6.32. The van der Waals surface area contributed by atoms with Gasteiger partial charge in [-0.2, -0.15) is 13.2 Å². The van der Waals surface area contributed by atoms with Gasteiger partial charge >= 0.3 is 12.1 Å². The Labute approximate surface area is 163 Å². The van der Waals surface area contributed by atoms with Crippen LogP contribution in [-0.2, 0) is 9.53 Å². The predicted molar refractivity (Wildman–Crippen MR) is 92.5 cm³/mol. The SMILES string of the molecule is O=C1c2ccccc2C(=O)N1C/C(Cl)=C1\CCCNC(OC(=O)C(F)(F)F)C1. The maximum atomic E-state index is 12.4. The minimum Gasteiger partial charge on any atom is -0.440 e. The highest BCUT2D eigenvalue weighted by atomic mass is 35.5. The molecule has 2 aliphatic heterocycles. The second-order valence-corrected chi connectivity index (χ2v) is 6.86. The molecule has 0 saturated carbocycles. The number of carbonyl (C=O) groups is 3. The maximum absolute atomic E-state index is 12.4. The molecule has 1 unspecified atom stereocenters. The molecular formula is C18H16ClF3N2O4. The first-order chi connectivity index (χ1) is 13.2. The molecule has 0 spiro atoms. The number of esters is 1. The Hall–Kier alpha value is -2.39. The van der Waals surface area contributed by atoms with Crippen molar-refractivity contribution in [2.24, 2.45) is 0 Å². The van der Waals surface area contributed by atoms with Crippen LogP contribution in [0.2, 0.25) is 0 Å². The van der Waals surface area contributed by atoms with Crippen LogP contribution < -0.4 is 5.32 Å². The van der Waals surface area contributed by atoms with Crippen LogP contribution in [0.3, 0.4) is 0 Å². The molecule has 1 aromatic carbocycles. The van der Waals surface area contributed by atoms with E-state index in [1.54, 1.807) is 24.3 Å². The van der Waals surface area contributed by atoms with Gasteiger partial charge in [0.25, 0.3) is 11.8 Å². The van der Waals surface area contributed by atoms with Gasteiger partial charge in [0.1, 0.15) is 0 Å². The summed E-state index contributed by atoms with van der Waals surface area (Å²) in [6, 6.07) is 6.37. The molecule has 1 atom stereocenters. The van der Waals surface area contributed by atoms with E-state index in [0.717, 1.165) is 4.90 Å². The van der Waals surface area contributed by atoms with Crippen LogP contribution in [0.4, 0.5) is 13.2 Å². The fourth-order valence-corrected chi connectivity index (χ4v) is 3.41. The van der Waals surface area contributed by atoms with Crippen molar-refractivity contribution in [2.45, 2.75) is 31.7 Å². The van der Waals surface area contributed by atoms with Crippen molar-refractivity contribution < 1.29 is 32.3 Å². The third kappa shape index (κ3) is 4.20. The Balaban J connectivity index is 1.74. The Morgan fingerprint density at radius 3 is 2.39 bits per heavy atom. The van der Waals surface area contributed by atoms with Gasteiger partial charge in [-0.05, 0) is 37.1 Å². The van der Waals surface area contributed by atoms with Gasteiger partial charge in [-0.1, -0.05) is 23.7 Å². The average molecular weight is 417 g/mol. The number of imide groups is 1. The fraction of sp³-hybridized carbons (Fsp3) is 0.389. The molecule has 10 heteroatoms. The number of fused-ring (bicyclic) bond motifs is 1. The van der Waals surface area contributed by atoms with E-state index in [2.05, 4.69) is 10.1 Å². The normalized spacial score (nSPS) is 22.0. The van der Waals surface area contributed by atoms with Gasteiger partial charge in [-0.25, -0.2) is 4.79 Å². The number of carbonyl (C=O) groups excluding carboxylic acids is 3. The number of hydrogen-bond acceptors (Lipinski definition) is 5. The van der Waals surface area contributed by atoms with Crippen molar-refractivity contribution in [3.63, 3.8) is 0 Å². The molecule has 0 aliphatic carbocycles. The van der Waals surface area contributed by atoms with Crippen molar-refractivity contribution in [3.05, 3.63) is 46.0 Å². The Bertz CT molecular complexity index is 818. The van der Waals surface area contributed by atoms with Crippen molar-refractivity contribution >= 4 is 29.4 Å². The standard InChI is InChI=1S/C18H16ClF3N2O4/c19-13(9-24-15(25)11-5-1-2-6-12(11)16(24)26)10-4-3-7-23-14(8-10)28-17(27)18(20,21)22/h1-2,5-6,14,23H,3-4,7-9H2/b13-10-. The van der Waals surface area contributed by atoms with E-state index >= 15 is 0 Å². The maximum Gasteiger partial charge on any atom is 0.490 e. The lowest BCUT2D eigenvalue weighted by Gasteiger charge is -2.20. The van der Waals surface area contributed by atoms with E-state index in [9.17, 15) is 27.6 Å². The molecule has 0 radical (unpaired) electrons. The van der Waals surface area contributed by atoms with Gasteiger partial charge in [-0.3, -0.25) is 19.8 Å². The number of nitrogens with one attached hydrogen (secondary N) is 1. The Morgan fingerprint density at radius 2 is 1.82 bits per heavy atom. The van der Waals surface area contributed by atoms with Crippen molar-refractivity contribution in [1.29, 1.82) is 0 Å². The number of alkyl halides is 3. The largest absolute Gasteiger partial charge is 0.490 e. The number of halogens is 4. The summed E-state index contributed by atoms with van der Waals surface area (Å²) in [6.45, 7) is 0.139. The molecule has 1 aromatic rings. The van der Waals surface area contributed by atoms with Gasteiger partial charge in [0.15, 0.2) is 6.23 Å². The summed E-state index contributed by atoms with van der Waals surface area (Å²) < 4.78 is 41.7. The molecule has 6 nitrogen and oxygen atoms in total. The lowest BCUT2D eigenvalue weighted by Crippen LogP contribution is -2.38. The third-order valence-corrected chi connectivity index (χ3v) is 4.89. The van der Waals surface area contributed by atoms with E-state index in [0.29, 0.717) is 25.0 Å². The number of benzene rings is 1. The number of amides is 2. The summed E-state index contributed by atoms with van der Waals surface area (Å²) in [5.74, 6) is -3.25. The van der Waals surface area contributed by atoms with Crippen LogP contribution in [-0.4, -0.2) is 48.2 Å². The van der Waals surface area contributed by atoms with Crippen LogP contribution >= 0.6 is 11.6 Å². The zero-order valence-corrected chi connectivity index (χ0v) is 15.3. The highest BCUT2D eigenvalue weighted by Gasteiger charge is 2.42. The molecule has 2 amide bonds. The van der Waals surface area contributed by atoms with E-state index in [1.165, 1.54) is 0 Å². The van der Waals surface area contributed by atoms with Crippen LogP contribution in [0, 0.1) is 0 Å². The van der Waals surface area contributed by atoms with Crippen LogP contribution in [0.15, 0.2) is 34.9 Å². The summed E-state index contributed by atoms with van der Waals surface area (Å²) in [5.41, 5.74) is 1.09. The molecule has 0 bridgehead atoms. The molecule has 0 aromatic heterocycles. The Kier molecular flexibility index (Phi) is 5.76. The van der Waals surface area contributed by atoms with E-state index < -0.39 is 30.2 Å². The van der Waals surface area contributed by atoms with Crippen LogP contribution in [0.25, 0.3) is 0 Å². The topological polar surface area (TPSA) is 75.7 Å². The monoisotopic (exact) mass is 416 g/mol. The van der Waals surface area contributed by atoms with Gasteiger partial charge < -0.3 is 4.74 Å². The molecule has 150 valence electrons. The number of rotatable bonds is 3. The minimum absolute atomic E-state index is 0.0657. The van der Waals surface area contributed by atoms with Gasteiger partial charge in [0, 0.05) is 11.5 Å². The third-order valence-electron chi connectivity index (χ3n) is 4.50. The zero-order chi connectivity index (χ0) is 20.5. The minimum atomic E-state index is -5.10. The Morgan fingerprint density at radius 1 is 1.21 bits per heavy atom. The lowest BCUT2D eigenvalue weighted by atomic mass is 10.1. The van der Waals surface area contributed by atoms with E-state index in [4.69, 9.17) is 11.6 Å². The molecule has 28 heavy (non-hydrogen) atoms. The quantitative estimate of drug-likeness (QED) is 0.605. The molecule has 2 heterocycles. The summed E-state index contributed by atoms with van der Waals surface area (Å²) in [4.78, 5) is 36.9. The number of hydrogen-bond donors (Lipinski definition) is 1.